The molecule has 3 atom stereocenters. The Morgan fingerprint density at radius 1 is 1.35 bits per heavy atom. The van der Waals surface area contributed by atoms with Gasteiger partial charge in [0.05, 0.1) is 34.1 Å². The fraction of sp³-hybridized carbons (Fsp3) is 0.316. The van der Waals surface area contributed by atoms with Gasteiger partial charge in [-0.15, -0.1) is 11.3 Å². The molecule has 1 fully saturated rings. The Morgan fingerprint density at radius 2 is 2.15 bits per heavy atom. The SMILES string of the molecule is CC[C@H]1O[C@@H](c2scc3c(NC(=O)c4ccccc4)ncnc23)C[C@@H]1O. The number of carbonyl (C=O) groups excluding carboxylic acids is 1. The van der Waals surface area contributed by atoms with Gasteiger partial charge in [0.1, 0.15) is 12.1 Å². The minimum Gasteiger partial charge on any atom is -0.390 e. The molecule has 1 aliphatic heterocycles. The van der Waals surface area contributed by atoms with Gasteiger partial charge in [0, 0.05) is 17.4 Å². The third kappa shape index (κ3) is 3.09. The van der Waals surface area contributed by atoms with Crippen molar-refractivity contribution in [3.05, 3.63) is 52.5 Å². The van der Waals surface area contributed by atoms with Crippen LogP contribution in [0.25, 0.3) is 10.9 Å². The van der Waals surface area contributed by atoms with Gasteiger partial charge in [-0.25, -0.2) is 9.97 Å². The maximum absolute atomic E-state index is 12.4. The molecule has 0 bridgehead atoms. The van der Waals surface area contributed by atoms with E-state index in [1.165, 1.54) is 17.7 Å². The van der Waals surface area contributed by atoms with Gasteiger partial charge >= 0.3 is 0 Å². The molecule has 1 aromatic carbocycles. The first-order chi connectivity index (χ1) is 12.7. The summed E-state index contributed by atoms with van der Waals surface area (Å²) < 4.78 is 5.98. The average molecular weight is 369 g/mol. The lowest BCUT2D eigenvalue weighted by atomic mass is 10.1. The molecule has 0 saturated carbocycles. The zero-order chi connectivity index (χ0) is 18.1. The Morgan fingerprint density at radius 3 is 2.88 bits per heavy atom. The van der Waals surface area contributed by atoms with E-state index in [1.807, 2.05) is 30.5 Å². The van der Waals surface area contributed by atoms with E-state index < -0.39 is 6.10 Å². The van der Waals surface area contributed by atoms with E-state index in [9.17, 15) is 9.90 Å². The summed E-state index contributed by atoms with van der Waals surface area (Å²) >= 11 is 1.52. The summed E-state index contributed by atoms with van der Waals surface area (Å²) in [5, 5.41) is 15.7. The molecule has 7 heteroatoms. The maximum Gasteiger partial charge on any atom is 0.256 e. The molecule has 6 nitrogen and oxygen atoms in total. The number of rotatable bonds is 4. The van der Waals surface area contributed by atoms with Gasteiger partial charge in [0.25, 0.3) is 5.91 Å². The number of hydrogen-bond donors (Lipinski definition) is 2. The topological polar surface area (TPSA) is 84.3 Å². The van der Waals surface area contributed by atoms with Crippen LogP contribution in [0.3, 0.4) is 0 Å². The van der Waals surface area contributed by atoms with Crippen LogP contribution in [-0.2, 0) is 4.74 Å². The van der Waals surface area contributed by atoms with Crippen molar-refractivity contribution >= 4 is 34.0 Å². The number of aliphatic hydroxyl groups excluding tert-OH is 1. The molecule has 0 spiro atoms. The number of amides is 1. The monoisotopic (exact) mass is 369 g/mol. The largest absolute Gasteiger partial charge is 0.390 e. The number of hydrogen-bond acceptors (Lipinski definition) is 6. The van der Waals surface area contributed by atoms with Crippen molar-refractivity contribution in [1.82, 2.24) is 9.97 Å². The van der Waals surface area contributed by atoms with Gasteiger partial charge in [-0.05, 0) is 18.6 Å². The minimum absolute atomic E-state index is 0.142. The molecule has 0 unspecified atom stereocenters. The highest BCUT2D eigenvalue weighted by Gasteiger charge is 2.35. The van der Waals surface area contributed by atoms with Crippen LogP contribution in [0.2, 0.25) is 0 Å². The highest BCUT2D eigenvalue weighted by Crippen LogP contribution is 2.41. The van der Waals surface area contributed by atoms with Gasteiger partial charge in [-0.3, -0.25) is 4.79 Å². The predicted octanol–water partition coefficient (Wildman–Crippen LogP) is 3.54. The van der Waals surface area contributed by atoms with Gasteiger partial charge in [0.15, 0.2) is 0 Å². The summed E-state index contributed by atoms with van der Waals surface area (Å²) in [5.74, 6) is 0.272. The van der Waals surface area contributed by atoms with Gasteiger partial charge in [-0.1, -0.05) is 25.1 Å². The number of aliphatic hydroxyl groups is 1. The maximum atomic E-state index is 12.4. The van der Waals surface area contributed by atoms with Crippen LogP contribution in [0, 0.1) is 0 Å². The summed E-state index contributed by atoms with van der Waals surface area (Å²) in [6.07, 6.45) is 2.00. The summed E-state index contributed by atoms with van der Waals surface area (Å²) in [6, 6.07) is 9.02. The molecule has 0 radical (unpaired) electrons. The second-order valence-electron chi connectivity index (χ2n) is 6.28. The second kappa shape index (κ2) is 7.11. The van der Waals surface area contributed by atoms with Crippen molar-refractivity contribution in [3.8, 4) is 0 Å². The van der Waals surface area contributed by atoms with Crippen molar-refractivity contribution in [2.45, 2.75) is 38.1 Å². The standard InChI is InChI=1S/C19H19N3O3S/c1-2-14-13(23)8-15(25-14)17-16-12(9-26-17)18(21-10-20-16)22-19(24)11-6-4-3-5-7-11/h3-7,9-10,13-15,23H,2,8H2,1H3,(H,20,21,22,24)/t13-,14+,15+/m0/s1. The molecular formula is C19H19N3O3S. The zero-order valence-electron chi connectivity index (χ0n) is 14.3. The third-order valence-electron chi connectivity index (χ3n) is 4.61. The van der Waals surface area contributed by atoms with Gasteiger partial charge in [-0.2, -0.15) is 0 Å². The Bertz CT molecular complexity index is 928. The van der Waals surface area contributed by atoms with Crippen molar-refractivity contribution in [2.75, 3.05) is 5.32 Å². The van der Waals surface area contributed by atoms with Crippen molar-refractivity contribution in [3.63, 3.8) is 0 Å². The lowest BCUT2D eigenvalue weighted by Crippen LogP contribution is -2.18. The molecule has 26 heavy (non-hydrogen) atoms. The Labute approximate surface area is 154 Å². The first-order valence-corrected chi connectivity index (χ1v) is 9.47. The first-order valence-electron chi connectivity index (χ1n) is 8.59. The number of nitrogens with one attached hydrogen (secondary N) is 1. The van der Waals surface area contributed by atoms with E-state index in [0.717, 1.165) is 22.2 Å². The number of anilines is 1. The van der Waals surface area contributed by atoms with Crippen LogP contribution in [-0.4, -0.2) is 33.2 Å². The number of ether oxygens (including phenoxy) is 1. The second-order valence-corrected chi connectivity index (χ2v) is 7.19. The molecule has 2 aromatic heterocycles. The average Bonchev–Trinajstić information content (AvgIpc) is 3.26. The number of fused-ring (bicyclic) bond motifs is 1. The molecule has 3 aromatic rings. The van der Waals surface area contributed by atoms with E-state index in [4.69, 9.17) is 4.74 Å². The lowest BCUT2D eigenvalue weighted by Gasteiger charge is -2.11. The predicted molar refractivity (Wildman–Crippen MR) is 100 cm³/mol. The highest BCUT2D eigenvalue weighted by molar-refractivity contribution is 7.11. The van der Waals surface area contributed by atoms with Gasteiger partial charge in [0.2, 0.25) is 0 Å². The Balaban J connectivity index is 1.63. The van der Waals surface area contributed by atoms with E-state index in [-0.39, 0.29) is 18.1 Å². The van der Waals surface area contributed by atoms with E-state index in [1.54, 1.807) is 12.1 Å². The smallest absolute Gasteiger partial charge is 0.256 e. The number of thiophene rings is 1. The van der Waals surface area contributed by atoms with Crippen molar-refractivity contribution < 1.29 is 14.6 Å². The van der Waals surface area contributed by atoms with E-state index in [0.29, 0.717) is 17.8 Å². The molecule has 134 valence electrons. The van der Waals surface area contributed by atoms with E-state index >= 15 is 0 Å². The van der Waals surface area contributed by atoms with Gasteiger partial charge < -0.3 is 15.2 Å². The molecule has 1 aliphatic rings. The summed E-state index contributed by atoms with van der Waals surface area (Å²) in [6.45, 7) is 2.00. The molecule has 4 rings (SSSR count). The molecule has 1 saturated heterocycles. The van der Waals surface area contributed by atoms with Crippen LogP contribution < -0.4 is 5.32 Å². The van der Waals surface area contributed by atoms with Crippen LogP contribution in [0.4, 0.5) is 5.82 Å². The lowest BCUT2D eigenvalue weighted by molar-refractivity contribution is 0.00925. The van der Waals surface area contributed by atoms with Crippen LogP contribution in [0.1, 0.15) is 41.1 Å². The third-order valence-corrected chi connectivity index (χ3v) is 5.67. The summed E-state index contributed by atoms with van der Waals surface area (Å²) in [5.41, 5.74) is 1.34. The van der Waals surface area contributed by atoms with Crippen molar-refractivity contribution in [1.29, 1.82) is 0 Å². The van der Waals surface area contributed by atoms with Crippen molar-refractivity contribution in [2.24, 2.45) is 0 Å². The first kappa shape index (κ1) is 17.1. The molecule has 0 aliphatic carbocycles. The summed E-state index contributed by atoms with van der Waals surface area (Å²) in [7, 11) is 0. The summed E-state index contributed by atoms with van der Waals surface area (Å²) in [4.78, 5) is 22.0. The fourth-order valence-corrected chi connectivity index (χ4v) is 4.29. The normalized spacial score (nSPS) is 22.6. The number of nitrogens with zero attached hydrogens (tertiary/aromatic N) is 2. The number of carbonyl (C=O) groups is 1. The van der Waals surface area contributed by atoms with Crippen LogP contribution in [0.5, 0.6) is 0 Å². The number of aromatic nitrogens is 2. The fourth-order valence-electron chi connectivity index (χ4n) is 3.24. The molecular weight excluding hydrogens is 350 g/mol. The van der Waals surface area contributed by atoms with Crippen LogP contribution >= 0.6 is 11.3 Å². The quantitative estimate of drug-likeness (QED) is 0.735. The molecule has 2 N–H and O–H groups in total. The Hall–Kier alpha value is -2.35. The number of benzene rings is 1. The zero-order valence-corrected chi connectivity index (χ0v) is 15.1. The molecule has 3 heterocycles. The highest BCUT2D eigenvalue weighted by atomic mass is 32.1. The molecule has 1 amide bonds. The minimum atomic E-state index is -0.457. The Kier molecular flexibility index (Phi) is 4.67. The van der Waals surface area contributed by atoms with E-state index in [2.05, 4.69) is 15.3 Å². The van der Waals surface area contributed by atoms with Crippen LogP contribution in [0.15, 0.2) is 42.0 Å².